The summed E-state index contributed by atoms with van der Waals surface area (Å²) in [6.45, 7) is 13.3. The summed E-state index contributed by atoms with van der Waals surface area (Å²) in [4.78, 5) is 35.7. The Hall–Kier alpha value is -4.44. The molecular weight excluding hydrogens is 847 g/mol. The van der Waals surface area contributed by atoms with Gasteiger partial charge in [0.2, 0.25) is 0 Å². The lowest BCUT2D eigenvalue weighted by atomic mass is 10.1. The average molecular weight is 932 g/mol. The van der Waals surface area contributed by atoms with Gasteiger partial charge in [0, 0.05) is 26.9 Å². The second-order valence-corrected chi connectivity index (χ2v) is 15.5. The van der Waals surface area contributed by atoms with E-state index in [4.69, 9.17) is 45.1 Å². The van der Waals surface area contributed by atoms with Crippen LogP contribution in [0.4, 0.5) is 0 Å². The molecular formula is C45H84Cl2N10O6. The lowest BCUT2D eigenvalue weighted by Gasteiger charge is -2.36. The minimum atomic E-state index is -0.833. The van der Waals surface area contributed by atoms with Gasteiger partial charge in [-0.05, 0) is 51.0 Å². The van der Waals surface area contributed by atoms with Gasteiger partial charge < -0.3 is 41.1 Å². The zero-order chi connectivity index (χ0) is 45.4. The van der Waals surface area contributed by atoms with E-state index >= 15 is 0 Å². The number of nitrogens with one attached hydrogen (secondary N) is 4. The average Bonchev–Trinajstić information content (AvgIpc) is 3.92. The van der Waals surface area contributed by atoms with E-state index in [2.05, 4.69) is 63.9 Å². The SMILES string of the molecule is CC(=O)O.CC(=O)O.CCCCCCCCCCCCN=C(N)NC(N)=NCc1ccco1.CCCCCCCCCCCCN=C1NC(=NCc2ccco2)NC(C)(C)N1.Cl.Cl. The van der Waals surface area contributed by atoms with Crippen LogP contribution in [-0.2, 0) is 22.7 Å². The first-order valence-electron chi connectivity index (χ1n) is 22.5. The van der Waals surface area contributed by atoms with Gasteiger partial charge in [0.25, 0.3) is 11.9 Å². The maximum atomic E-state index is 9.00. The van der Waals surface area contributed by atoms with E-state index in [1.165, 1.54) is 116 Å². The van der Waals surface area contributed by atoms with Crippen LogP contribution < -0.4 is 32.7 Å². The number of unbranched alkanes of at least 4 members (excludes halogenated alkanes) is 18. The van der Waals surface area contributed by atoms with E-state index in [-0.39, 0.29) is 36.4 Å². The standard InChI is InChI=1S/C22H39N5O.C19H35N5O.2C2H4O2.2ClH/c1-4-5-6-7-8-9-10-11-12-13-16-23-20-25-21(27-22(2,3)26-20)24-18-19-15-14-17-28-19;1-2-3-4-5-6-7-8-9-10-11-14-22-18(20)24-19(21)23-16-17-13-12-15-25-17;2*1-2(3)4;;/h14-15,17H,4-13,16,18H2,1-3H3,(H3,23,24,25,26,27);12-13,15H,2-11,14,16H2,1H3,(H5,20,21,22,23,24);2*1H3,(H,3,4);2*1H. The van der Waals surface area contributed by atoms with E-state index in [0.717, 1.165) is 63.2 Å². The molecule has 10 N–H and O–H groups in total. The predicted molar refractivity (Wildman–Crippen MR) is 264 cm³/mol. The topological polar surface area (TPSA) is 250 Å². The van der Waals surface area contributed by atoms with Gasteiger partial charge in [-0.1, -0.05) is 129 Å². The molecule has 16 nitrogen and oxygen atoms in total. The number of carboxylic acids is 2. The van der Waals surface area contributed by atoms with Crippen molar-refractivity contribution in [3.05, 3.63) is 48.3 Å². The summed E-state index contributed by atoms with van der Waals surface area (Å²) in [5, 5.41) is 27.6. The smallest absolute Gasteiger partial charge is 0.300 e. The second-order valence-electron chi connectivity index (χ2n) is 15.5. The molecule has 3 heterocycles. The van der Waals surface area contributed by atoms with Gasteiger partial charge in [-0.25, -0.2) is 9.98 Å². The number of aliphatic imine (C=N–C) groups is 4. The van der Waals surface area contributed by atoms with Crippen molar-refractivity contribution in [3.63, 3.8) is 0 Å². The largest absolute Gasteiger partial charge is 0.481 e. The Morgan fingerprint density at radius 3 is 1.38 bits per heavy atom. The summed E-state index contributed by atoms with van der Waals surface area (Å²) in [7, 11) is 0. The monoisotopic (exact) mass is 931 g/mol. The van der Waals surface area contributed by atoms with E-state index in [1.807, 2.05) is 24.3 Å². The summed E-state index contributed by atoms with van der Waals surface area (Å²) in [5.41, 5.74) is 11.3. The molecule has 0 atom stereocenters. The molecule has 0 aliphatic carbocycles. The Balaban J connectivity index is -0.000000953. The summed E-state index contributed by atoms with van der Waals surface area (Å²) in [6, 6.07) is 7.47. The predicted octanol–water partition coefficient (Wildman–Crippen LogP) is 9.88. The lowest BCUT2D eigenvalue weighted by molar-refractivity contribution is -0.135. The van der Waals surface area contributed by atoms with Crippen molar-refractivity contribution in [3.8, 4) is 0 Å². The molecule has 0 bridgehead atoms. The molecule has 2 aromatic heterocycles. The van der Waals surface area contributed by atoms with Gasteiger partial charge in [0.05, 0.1) is 12.5 Å². The fraction of sp³-hybridized carbons (Fsp3) is 0.689. The Morgan fingerprint density at radius 2 is 0.968 bits per heavy atom. The number of rotatable bonds is 26. The van der Waals surface area contributed by atoms with Gasteiger partial charge in [0.15, 0.2) is 23.8 Å². The molecule has 1 fully saturated rings. The molecule has 0 saturated carbocycles. The molecule has 1 aliphatic heterocycles. The van der Waals surface area contributed by atoms with E-state index in [0.29, 0.717) is 19.0 Å². The summed E-state index contributed by atoms with van der Waals surface area (Å²) in [6.07, 6.45) is 29.8. The number of carboxylic acid groups (broad SMARTS) is 2. The first-order valence-corrected chi connectivity index (χ1v) is 22.5. The molecule has 0 radical (unpaired) electrons. The molecule has 3 rings (SSSR count). The molecule has 0 spiro atoms. The fourth-order valence-electron chi connectivity index (χ4n) is 5.88. The molecule has 0 unspecified atom stereocenters. The zero-order valence-electron chi connectivity index (χ0n) is 39.2. The fourth-order valence-corrected chi connectivity index (χ4v) is 5.88. The van der Waals surface area contributed by atoms with Gasteiger partial charge in [-0.15, -0.1) is 24.8 Å². The highest BCUT2D eigenvalue weighted by molar-refractivity contribution is 6.01. The Morgan fingerprint density at radius 1 is 0.603 bits per heavy atom. The first-order chi connectivity index (χ1) is 29.3. The molecule has 1 aliphatic rings. The quantitative estimate of drug-likeness (QED) is 0.0249. The highest BCUT2D eigenvalue weighted by Gasteiger charge is 2.26. The number of halogens is 2. The summed E-state index contributed by atoms with van der Waals surface area (Å²) >= 11 is 0. The van der Waals surface area contributed by atoms with Crippen molar-refractivity contribution in [2.45, 2.75) is 189 Å². The van der Waals surface area contributed by atoms with Crippen LogP contribution in [0.5, 0.6) is 0 Å². The molecule has 18 heteroatoms. The van der Waals surface area contributed by atoms with Crippen LogP contribution >= 0.6 is 24.8 Å². The van der Waals surface area contributed by atoms with Crippen molar-refractivity contribution >= 4 is 60.6 Å². The Labute approximate surface area is 390 Å². The highest BCUT2D eigenvalue weighted by atomic mass is 35.5. The van der Waals surface area contributed by atoms with Crippen LogP contribution in [0.1, 0.15) is 181 Å². The van der Waals surface area contributed by atoms with Crippen LogP contribution in [0.25, 0.3) is 0 Å². The van der Waals surface area contributed by atoms with Gasteiger partial charge in [0.1, 0.15) is 30.3 Å². The van der Waals surface area contributed by atoms with Crippen molar-refractivity contribution < 1.29 is 28.6 Å². The maximum absolute atomic E-state index is 9.00. The van der Waals surface area contributed by atoms with Gasteiger partial charge in [-0.2, -0.15) is 0 Å². The molecule has 63 heavy (non-hydrogen) atoms. The first kappa shape index (κ1) is 62.9. The number of carbonyl (C=O) groups is 2. The minimum Gasteiger partial charge on any atom is -0.481 e. The molecule has 1 saturated heterocycles. The van der Waals surface area contributed by atoms with Crippen molar-refractivity contribution in [2.24, 2.45) is 31.4 Å². The Kier molecular flexibility index (Phi) is 42.7. The number of aliphatic carboxylic acids is 2. The van der Waals surface area contributed by atoms with Gasteiger partial charge in [-0.3, -0.25) is 30.2 Å². The molecule has 2 aromatic rings. The number of guanidine groups is 4. The second kappa shape index (κ2) is 42.8. The van der Waals surface area contributed by atoms with E-state index in [9.17, 15) is 0 Å². The van der Waals surface area contributed by atoms with Crippen molar-refractivity contribution in [1.29, 1.82) is 0 Å². The third-order valence-corrected chi connectivity index (χ3v) is 8.89. The third-order valence-electron chi connectivity index (χ3n) is 8.89. The molecule has 364 valence electrons. The van der Waals surface area contributed by atoms with Crippen LogP contribution in [0.2, 0.25) is 0 Å². The highest BCUT2D eigenvalue weighted by Crippen LogP contribution is 2.12. The number of hydrogen-bond acceptors (Lipinski definition) is 8. The van der Waals surface area contributed by atoms with Crippen molar-refractivity contribution in [1.82, 2.24) is 21.3 Å². The Bertz CT molecular complexity index is 1470. The number of nitrogens with two attached hydrogens (primary N) is 2. The van der Waals surface area contributed by atoms with Crippen LogP contribution in [-0.4, -0.2) is 64.7 Å². The molecule has 0 amide bonds. The normalized spacial score (nSPS) is 14.1. The number of furan rings is 2. The number of hydrogen-bond donors (Lipinski definition) is 8. The maximum Gasteiger partial charge on any atom is 0.300 e. The van der Waals surface area contributed by atoms with Crippen LogP contribution in [0, 0.1) is 0 Å². The zero-order valence-corrected chi connectivity index (χ0v) is 40.9. The number of nitrogens with zero attached hydrogens (tertiary/aromatic N) is 4. The van der Waals surface area contributed by atoms with Gasteiger partial charge >= 0.3 is 0 Å². The lowest BCUT2D eigenvalue weighted by Crippen LogP contribution is -2.68. The van der Waals surface area contributed by atoms with E-state index in [1.54, 1.807) is 12.5 Å². The summed E-state index contributed by atoms with van der Waals surface area (Å²) in [5.74, 6) is 2.01. The molecule has 0 aromatic carbocycles. The summed E-state index contributed by atoms with van der Waals surface area (Å²) < 4.78 is 10.5. The van der Waals surface area contributed by atoms with Crippen LogP contribution in [0.3, 0.4) is 0 Å². The van der Waals surface area contributed by atoms with Crippen LogP contribution in [0.15, 0.2) is 65.6 Å². The van der Waals surface area contributed by atoms with E-state index < -0.39 is 11.9 Å². The van der Waals surface area contributed by atoms with Crippen molar-refractivity contribution in [2.75, 3.05) is 13.1 Å². The third kappa shape index (κ3) is 44.0. The minimum absolute atomic E-state index is 0.